The van der Waals surface area contributed by atoms with Gasteiger partial charge in [0.05, 0.1) is 12.1 Å². The van der Waals surface area contributed by atoms with E-state index in [0.29, 0.717) is 43.2 Å². The summed E-state index contributed by atoms with van der Waals surface area (Å²) in [6.07, 6.45) is 0.519. The van der Waals surface area contributed by atoms with Gasteiger partial charge in [-0.05, 0) is 81.0 Å². The Balaban J connectivity index is 1.56. The number of Topliss-reactive ketones (excluding diaryl/α,β-unsaturated/α-hetero) is 1. The molecule has 3 heterocycles. The van der Waals surface area contributed by atoms with Crippen molar-refractivity contribution in [3.05, 3.63) is 65.7 Å². The summed E-state index contributed by atoms with van der Waals surface area (Å²) in [5.41, 5.74) is 1.24. The van der Waals surface area contributed by atoms with Crippen LogP contribution >= 0.6 is 0 Å². The second-order valence-electron chi connectivity index (χ2n) is 18.4. The van der Waals surface area contributed by atoms with Gasteiger partial charge in [0.25, 0.3) is 0 Å². The number of phenols is 1. The SMILES string of the molecule is CC[C@H](C)[C@@H]1NC(=O)[C@@H](CC(C)C)CC(=O)[C@H]2CCCN2C(=O)[C@@H](Cc2ccc(O)cc2)NC(=O)[C@H](Cc2ccccc2)NC(=O)[C@@H]([C@@H](C)O)NC(=O)[C@H]2CCCN2C(=O)[C@H](C)NC1=O. The van der Waals surface area contributed by atoms with Crippen LogP contribution in [0.4, 0.5) is 0 Å². The normalized spacial score (nSPS) is 28.0. The standard InChI is InChI=1S/C48H67N7O10/c1-7-28(4)40-45(62)49-29(5)47(64)55-22-12-16-38(55)44(61)53-41(30(6)56)46(63)50-35(24-31-13-9-8-10-14-31)43(60)51-36(25-32-17-19-34(57)20-18-32)48(65)54-21-11-15-37(54)39(58)26-33(23-27(2)3)42(59)52-40/h8-10,13-14,17-20,27-30,33,35-38,40-41,56-57H,7,11-12,15-16,21-26H2,1-6H3,(H,49,62)(H,50,63)(H,51,60)(H,52,59)(H,53,61)/t28-,29-,30+,33-,35-,36+,37+,38+,40-,41+/m0/s1. The van der Waals surface area contributed by atoms with Gasteiger partial charge in [-0.1, -0.05) is 76.6 Å². The fourth-order valence-corrected chi connectivity index (χ4v) is 9.00. The highest BCUT2D eigenvalue weighted by Crippen LogP contribution is 2.26. The third kappa shape index (κ3) is 13.1. The van der Waals surface area contributed by atoms with Crippen LogP contribution in [-0.2, 0) is 51.2 Å². The maximum Gasteiger partial charge on any atom is 0.246 e. The summed E-state index contributed by atoms with van der Waals surface area (Å²) < 4.78 is 0. The van der Waals surface area contributed by atoms with Crippen LogP contribution in [0.3, 0.4) is 0 Å². The number of carbonyl (C=O) groups is 8. The summed E-state index contributed by atoms with van der Waals surface area (Å²) >= 11 is 0. The van der Waals surface area contributed by atoms with Crippen molar-refractivity contribution in [2.24, 2.45) is 17.8 Å². The van der Waals surface area contributed by atoms with Crippen molar-refractivity contribution in [3.8, 4) is 5.75 Å². The predicted octanol–water partition coefficient (Wildman–Crippen LogP) is 1.67. The molecule has 354 valence electrons. The van der Waals surface area contributed by atoms with Crippen molar-refractivity contribution in [1.29, 1.82) is 0 Å². The molecular weight excluding hydrogens is 835 g/mol. The van der Waals surface area contributed by atoms with Crippen LogP contribution in [0.15, 0.2) is 54.6 Å². The number of phenolic OH excluding ortho intramolecular Hbond substituents is 1. The van der Waals surface area contributed by atoms with Crippen molar-refractivity contribution in [2.75, 3.05) is 13.1 Å². The fraction of sp³-hybridized carbons (Fsp3) is 0.583. The van der Waals surface area contributed by atoms with Gasteiger partial charge in [-0.25, -0.2) is 0 Å². The molecule has 0 spiro atoms. The van der Waals surface area contributed by atoms with Crippen LogP contribution in [0.1, 0.15) is 97.6 Å². The summed E-state index contributed by atoms with van der Waals surface area (Å²) in [6, 6.07) is 6.61. The smallest absolute Gasteiger partial charge is 0.246 e. The molecule has 3 saturated heterocycles. The molecule has 3 aliphatic rings. The van der Waals surface area contributed by atoms with E-state index in [-0.39, 0.29) is 62.1 Å². The summed E-state index contributed by atoms with van der Waals surface area (Å²) in [5, 5.41) is 34.6. The number of nitrogens with zero attached hydrogens (tertiary/aromatic N) is 2. The Morgan fingerprint density at radius 2 is 1.18 bits per heavy atom. The zero-order valence-electron chi connectivity index (χ0n) is 38.4. The third-order valence-corrected chi connectivity index (χ3v) is 12.8. The highest BCUT2D eigenvalue weighted by atomic mass is 16.3. The molecule has 0 bridgehead atoms. The molecule has 0 saturated carbocycles. The van der Waals surface area contributed by atoms with Gasteiger partial charge < -0.3 is 46.6 Å². The molecule has 65 heavy (non-hydrogen) atoms. The third-order valence-electron chi connectivity index (χ3n) is 12.8. The van der Waals surface area contributed by atoms with Crippen molar-refractivity contribution < 1.29 is 48.6 Å². The molecule has 0 aromatic heterocycles. The van der Waals surface area contributed by atoms with Crippen LogP contribution in [-0.4, -0.2) is 129 Å². The molecule has 7 N–H and O–H groups in total. The van der Waals surface area contributed by atoms with Crippen LogP contribution in [0.25, 0.3) is 0 Å². The van der Waals surface area contributed by atoms with E-state index in [1.54, 1.807) is 49.4 Å². The lowest BCUT2D eigenvalue weighted by atomic mass is 9.88. The monoisotopic (exact) mass is 901 g/mol. The van der Waals surface area contributed by atoms with Gasteiger partial charge in [-0.15, -0.1) is 0 Å². The Morgan fingerprint density at radius 3 is 1.80 bits per heavy atom. The van der Waals surface area contributed by atoms with E-state index >= 15 is 0 Å². The number of hydrogen-bond acceptors (Lipinski definition) is 10. The molecule has 0 unspecified atom stereocenters. The highest BCUT2D eigenvalue weighted by Gasteiger charge is 2.43. The number of ketones is 1. The summed E-state index contributed by atoms with van der Waals surface area (Å²) in [5.74, 6) is -6.19. The van der Waals surface area contributed by atoms with E-state index in [1.807, 2.05) is 20.8 Å². The van der Waals surface area contributed by atoms with Crippen molar-refractivity contribution >= 4 is 47.1 Å². The first-order valence-corrected chi connectivity index (χ1v) is 23.0. The number of aliphatic hydroxyl groups excluding tert-OH is 1. The maximum atomic E-state index is 14.7. The van der Waals surface area contributed by atoms with E-state index in [0.717, 1.165) is 0 Å². The van der Waals surface area contributed by atoms with Crippen LogP contribution in [0.5, 0.6) is 5.75 Å². The zero-order chi connectivity index (χ0) is 47.5. The molecule has 3 aliphatic heterocycles. The van der Waals surface area contributed by atoms with Crippen LogP contribution < -0.4 is 26.6 Å². The first-order valence-electron chi connectivity index (χ1n) is 23.0. The summed E-state index contributed by atoms with van der Waals surface area (Å²) in [6.45, 7) is 10.7. The molecule has 0 radical (unpaired) electrons. The van der Waals surface area contributed by atoms with Crippen molar-refractivity contribution in [2.45, 2.75) is 148 Å². The Bertz CT molecular complexity index is 2030. The lowest BCUT2D eigenvalue weighted by molar-refractivity contribution is -0.143. The molecule has 2 aromatic carbocycles. The van der Waals surface area contributed by atoms with Gasteiger partial charge >= 0.3 is 0 Å². The number of rotatable bonds is 9. The van der Waals surface area contributed by atoms with Crippen LogP contribution in [0, 0.1) is 17.8 Å². The van der Waals surface area contributed by atoms with Gasteiger partial charge in [0.1, 0.15) is 42.0 Å². The number of fused-ring (bicyclic) bond motifs is 2. The Kier molecular flexibility index (Phi) is 17.6. The topological polar surface area (TPSA) is 244 Å². The second-order valence-corrected chi connectivity index (χ2v) is 18.4. The molecule has 7 amide bonds. The predicted molar refractivity (Wildman–Crippen MR) is 240 cm³/mol. The number of aromatic hydroxyl groups is 1. The number of hydrogen-bond donors (Lipinski definition) is 7. The lowest BCUT2D eigenvalue weighted by Crippen LogP contribution is -2.62. The quantitative estimate of drug-likeness (QED) is 0.192. The van der Waals surface area contributed by atoms with Crippen LogP contribution in [0.2, 0.25) is 0 Å². The van der Waals surface area contributed by atoms with E-state index in [2.05, 4.69) is 26.6 Å². The molecule has 17 heteroatoms. The lowest BCUT2D eigenvalue weighted by Gasteiger charge is -2.32. The van der Waals surface area contributed by atoms with Gasteiger partial charge in [0.2, 0.25) is 41.4 Å². The van der Waals surface area contributed by atoms with Gasteiger partial charge in [0.15, 0.2) is 5.78 Å². The number of carbonyl (C=O) groups excluding carboxylic acids is 8. The second kappa shape index (κ2) is 22.9. The molecular formula is C48H67N7O10. The minimum absolute atomic E-state index is 0.00804. The van der Waals surface area contributed by atoms with E-state index in [1.165, 1.54) is 35.8 Å². The van der Waals surface area contributed by atoms with Gasteiger partial charge in [-0.3, -0.25) is 38.4 Å². The Labute approximate surface area is 381 Å². The fourth-order valence-electron chi connectivity index (χ4n) is 9.00. The minimum Gasteiger partial charge on any atom is -0.508 e. The molecule has 10 atom stereocenters. The minimum atomic E-state index is -1.57. The molecule has 17 nitrogen and oxygen atoms in total. The molecule has 2 aromatic rings. The largest absolute Gasteiger partial charge is 0.508 e. The summed E-state index contributed by atoms with van der Waals surface area (Å²) in [4.78, 5) is 117. The van der Waals surface area contributed by atoms with E-state index in [9.17, 15) is 48.6 Å². The number of nitrogens with one attached hydrogen (secondary N) is 5. The molecule has 5 rings (SSSR count). The zero-order valence-corrected chi connectivity index (χ0v) is 38.4. The Morgan fingerprint density at radius 1 is 0.631 bits per heavy atom. The number of benzene rings is 2. The van der Waals surface area contributed by atoms with E-state index in [4.69, 9.17) is 0 Å². The average molecular weight is 902 g/mol. The van der Waals surface area contributed by atoms with Crippen molar-refractivity contribution in [3.63, 3.8) is 0 Å². The Hall–Kier alpha value is -5.84. The number of amides is 7. The highest BCUT2D eigenvalue weighted by molar-refractivity contribution is 5.99. The molecule has 0 aliphatic carbocycles. The number of aliphatic hydroxyl groups is 1. The molecule has 3 fully saturated rings. The van der Waals surface area contributed by atoms with E-state index < -0.39 is 95.7 Å². The first-order chi connectivity index (χ1) is 30.9. The van der Waals surface area contributed by atoms with Gasteiger partial charge in [-0.2, -0.15) is 0 Å². The van der Waals surface area contributed by atoms with Crippen molar-refractivity contribution in [1.82, 2.24) is 36.4 Å². The average Bonchev–Trinajstić information content (AvgIpc) is 3.97. The maximum absolute atomic E-state index is 14.7. The van der Waals surface area contributed by atoms with Gasteiger partial charge in [0, 0.05) is 38.3 Å². The summed E-state index contributed by atoms with van der Waals surface area (Å²) in [7, 11) is 0. The first kappa shape index (κ1) is 50.2.